The Morgan fingerprint density at radius 3 is 1.91 bits per heavy atom. The van der Waals surface area contributed by atoms with Crippen molar-refractivity contribution in [1.82, 2.24) is 0 Å². The fraction of sp³-hybridized carbons (Fsp3) is 1.00. The molecule has 1 unspecified atom stereocenters. The van der Waals surface area contributed by atoms with Crippen LogP contribution < -0.4 is 5.73 Å². The summed E-state index contributed by atoms with van der Waals surface area (Å²) in [6, 6.07) is 0. The van der Waals surface area contributed by atoms with Crippen LogP contribution in [0.5, 0.6) is 0 Å². The van der Waals surface area contributed by atoms with Crippen LogP contribution in [0, 0.1) is 11.8 Å². The van der Waals surface area contributed by atoms with Crippen LogP contribution in [0.15, 0.2) is 0 Å². The highest BCUT2D eigenvalue weighted by Crippen LogP contribution is 2.58. The highest BCUT2D eigenvalue weighted by atomic mass is 19.4. The predicted molar refractivity (Wildman–Crippen MR) is 33.8 cm³/mol. The van der Waals surface area contributed by atoms with Gasteiger partial charge in [-0.2, -0.15) is 13.2 Å². The molecule has 0 aromatic rings. The van der Waals surface area contributed by atoms with Crippen molar-refractivity contribution in [3.8, 4) is 0 Å². The summed E-state index contributed by atoms with van der Waals surface area (Å²) >= 11 is 0. The van der Waals surface area contributed by atoms with Gasteiger partial charge in [-0.05, 0) is 25.2 Å². The molecular weight excluding hydrogens is 155 g/mol. The zero-order valence-corrected chi connectivity index (χ0v) is 5.99. The first-order chi connectivity index (χ1) is 4.91. The van der Waals surface area contributed by atoms with Gasteiger partial charge in [0.05, 0.1) is 5.92 Å². The second-order valence-corrected chi connectivity index (χ2v) is 3.88. The quantitative estimate of drug-likeness (QED) is 0.580. The van der Waals surface area contributed by atoms with Crippen molar-refractivity contribution < 1.29 is 13.2 Å². The van der Waals surface area contributed by atoms with E-state index in [2.05, 4.69) is 0 Å². The maximum atomic E-state index is 12.2. The monoisotopic (exact) mass is 165 g/mol. The zero-order chi connectivity index (χ0) is 8.28. The number of nitrogens with two attached hydrogens (primary N) is 1. The lowest BCUT2D eigenvalue weighted by Crippen LogP contribution is -2.44. The molecule has 1 atom stereocenters. The Balaban J connectivity index is 2.11. The molecule has 0 heterocycles. The van der Waals surface area contributed by atoms with Gasteiger partial charge < -0.3 is 5.73 Å². The van der Waals surface area contributed by atoms with Crippen LogP contribution in [0.1, 0.15) is 19.3 Å². The van der Waals surface area contributed by atoms with E-state index in [0.717, 1.165) is 0 Å². The molecule has 3 fully saturated rings. The van der Waals surface area contributed by atoms with Crippen molar-refractivity contribution in [3.63, 3.8) is 0 Å². The number of alkyl halides is 3. The second-order valence-electron chi connectivity index (χ2n) is 3.88. The van der Waals surface area contributed by atoms with E-state index in [1.807, 2.05) is 0 Å². The summed E-state index contributed by atoms with van der Waals surface area (Å²) < 4.78 is 36.5. The van der Waals surface area contributed by atoms with Gasteiger partial charge in [-0.25, -0.2) is 0 Å². The van der Waals surface area contributed by atoms with E-state index < -0.39 is 17.6 Å². The van der Waals surface area contributed by atoms with Gasteiger partial charge in [0.25, 0.3) is 0 Å². The Bertz CT molecular complexity index is 181. The Morgan fingerprint density at radius 2 is 1.73 bits per heavy atom. The van der Waals surface area contributed by atoms with Crippen molar-refractivity contribution in [2.24, 2.45) is 17.6 Å². The number of halogens is 3. The van der Waals surface area contributed by atoms with E-state index in [4.69, 9.17) is 5.73 Å². The fourth-order valence-corrected chi connectivity index (χ4v) is 2.42. The fourth-order valence-electron chi connectivity index (χ4n) is 2.42. The van der Waals surface area contributed by atoms with Gasteiger partial charge in [-0.15, -0.1) is 0 Å². The summed E-state index contributed by atoms with van der Waals surface area (Å²) in [7, 11) is 0. The topological polar surface area (TPSA) is 26.0 Å². The largest absolute Gasteiger partial charge is 0.392 e. The van der Waals surface area contributed by atoms with E-state index in [0.29, 0.717) is 12.8 Å². The molecule has 3 saturated carbocycles. The van der Waals surface area contributed by atoms with Gasteiger partial charge >= 0.3 is 6.18 Å². The number of hydrogen-bond acceptors (Lipinski definition) is 1. The molecule has 0 aromatic heterocycles. The Kier molecular flexibility index (Phi) is 1.17. The average molecular weight is 165 g/mol. The van der Waals surface area contributed by atoms with Crippen LogP contribution in [0.25, 0.3) is 0 Å². The lowest BCUT2D eigenvalue weighted by Gasteiger charge is -2.34. The Morgan fingerprint density at radius 1 is 1.18 bits per heavy atom. The molecule has 4 heteroatoms. The van der Waals surface area contributed by atoms with E-state index in [-0.39, 0.29) is 12.3 Å². The van der Waals surface area contributed by atoms with Crippen LogP contribution in [0.3, 0.4) is 0 Å². The predicted octanol–water partition coefficient (Wildman–Crippen LogP) is 1.68. The molecule has 2 bridgehead atoms. The third-order valence-electron chi connectivity index (χ3n) is 2.95. The minimum Gasteiger partial charge on any atom is -0.325 e. The number of fused-ring (bicyclic) bond motifs is 1. The Hall–Kier alpha value is -0.250. The molecule has 0 spiro atoms. The first kappa shape index (κ1) is 7.40. The minimum atomic E-state index is -4.01. The van der Waals surface area contributed by atoms with Gasteiger partial charge in [0.1, 0.15) is 0 Å². The summed E-state index contributed by atoms with van der Waals surface area (Å²) in [5, 5.41) is 0. The van der Waals surface area contributed by atoms with Gasteiger partial charge in [-0.3, -0.25) is 0 Å². The minimum absolute atomic E-state index is 0.154. The first-order valence-electron chi connectivity index (χ1n) is 3.76. The molecule has 3 rings (SSSR count). The zero-order valence-electron chi connectivity index (χ0n) is 5.99. The molecule has 64 valence electrons. The van der Waals surface area contributed by atoms with E-state index in [1.54, 1.807) is 0 Å². The van der Waals surface area contributed by atoms with Crippen molar-refractivity contribution in [2.45, 2.75) is 31.0 Å². The standard InChI is InChI=1S/C7H10F3N/c8-7(9,10)5-3-6(11)1-4(5)2-6/h4-5H,1-3,11H2. The van der Waals surface area contributed by atoms with Gasteiger partial charge in [0.15, 0.2) is 0 Å². The maximum Gasteiger partial charge on any atom is 0.392 e. The molecule has 0 aliphatic heterocycles. The molecule has 11 heavy (non-hydrogen) atoms. The summed E-state index contributed by atoms with van der Waals surface area (Å²) in [4.78, 5) is 0. The van der Waals surface area contributed by atoms with Crippen molar-refractivity contribution >= 4 is 0 Å². The number of hydrogen-bond donors (Lipinski definition) is 1. The molecular formula is C7H10F3N. The molecule has 2 N–H and O–H groups in total. The van der Waals surface area contributed by atoms with E-state index >= 15 is 0 Å². The van der Waals surface area contributed by atoms with Crippen LogP contribution >= 0.6 is 0 Å². The maximum absolute atomic E-state index is 12.2. The van der Waals surface area contributed by atoms with Crippen molar-refractivity contribution in [1.29, 1.82) is 0 Å². The average Bonchev–Trinajstić information content (AvgIpc) is 2.15. The van der Waals surface area contributed by atoms with E-state index in [1.165, 1.54) is 0 Å². The summed E-state index contributed by atoms with van der Waals surface area (Å²) in [6.07, 6.45) is -2.70. The third-order valence-corrected chi connectivity index (χ3v) is 2.95. The summed E-state index contributed by atoms with van der Waals surface area (Å²) in [6.45, 7) is 0. The highest BCUT2D eigenvalue weighted by Gasteiger charge is 2.61. The molecule has 0 radical (unpaired) electrons. The Labute approximate surface area is 62.8 Å². The summed E-state index contributed by atoms with van der Waals surface area (Å²) in [5.74, 6) is -1.27. The molecule has 0 aromatic carbocycles. The lowest BCUT2D eigenvalue weighted by atomic mass is 9.77. The van der Waals surface area contributed by atoms with Gasteiger partial charge in [-0.1, -0.05) is 0 Å². The molecule has 0 saturated heterocycles. The van der Waals surface area contributed by atoms with Crippen molar-refractivity contribution in [2.75, 3.05) is 0 Å². The highest BCUT2D eigenvalue weighted by molar-refractivity contribution is 5.11. The molecule has 3 aliphatic rings. The van der Waals surface area contributed by atoms with E-state index in [9.17, 15) is 13.2 Å². The SMILES string of the molecule is NC12CC(C1)C(C(F)(F)F)C2. The second kappa shape index (κ2) is 1.73. The molecule has 3 aliphatic carbocycles. The van der Waals surface area contributed by atoms with Gasteiger partial charge in [0.2, 0.25) is 0 Å². The van der Waals surface area contributed by atoms with Crippen LogP contribution in [-0.4, -0.2) is 11.7 Å². The third kappa shape index (κ3) is 0.956. The lowest BCUT2D eigenvalue weighted by molar-refractivity contribution is -0.180. The van der Waals surface area contributed by atoms with Gasteiger partial charge in [0, 0.05) is 5.54 Å². The molecule has 0 amide bonds. The summed E-state index contributed by atoms with van der Waals surface area (Å²) in [5.41, 5.74) is 5.18. The van der Waals surface area contributed by atoms with Crippen LogP contribution in [0.2, 0.25) is 0 Å². The smallest absolute Gasteiger partial charge is 0.325 e. The molecule has 1 nitrogen and oxygen atoms in total. The first-order valence-corrected chi connectivity index (χ1v) is 3.76. The van der Waals surface area contributed by atoms with Crippen LogP contribution in [0.4, 0.5) is 13.2 Å². The normalized spacial score (nSPS) is 49.1. The van der Waals surface area contributed by atoms with Crippen molar-refractivity contribution in [3.05, 3.63) is 0 Å². The van der Waals surface area contributed by atoms with Crippen LogP contribution in [-0.2, 0) is 0 Å². The number of rotatable bonds is 0.